The summed E-state index contributed by atoms with van der Waals surface area (Å²) in [6.07, 6.45) is 23.1. The number of ether oxygens (including phenoxy) is 3. The first kappa shape index (κ1) is 35.5. The van der Waals surface area contributed by atoms with Gasteiger partial charge >= 0.3 is 5.97 Å². The molecule has 0 bridgehead atoms. The first-order chi connectivity index (χ1) is 20.4. The fraction of sp³-hybridized carbons (Fsp3) is 0.943. The Kier molecular flexibility index (Phi) is 17.0. The van der Waals surface area contributed by atoms with E-state index < -0.39 is 6.10 Å². The minimum absolute atomic E-state index is 0.0162. The summed E-state index contributed by atoms with van der Waals surface area (Å²) < 4.78 is 18.0. The van der Waals surface area contributed by atoms with Crippen LogP contribution >= 0.6 is 0 Å². The average molecular weight is 595 g/mol. The van der Waals surface area contributed by atoms with Gasteiger partial charge in [0.25, 0.3) is 0 Å². The largest absolute Gasteiger partial charge is 0.462 e. The third kappa shape index (κ3) is 12.9. The van der Waals surface area contributed by atoms with Crippen molar-refractivity contribution >= 4 is 11.8 Å². The van der Waals surface area contributed by atoms with Crippen molar-refractivity contribution in [2.45, 2.75) is 204 Å². The lowest BCUT2D eigenvalue weighted by Crippen LogP contribution is -2.33. The lowest BCUT2D eigenvalue weighted by molar-refractivity contribution is -0.145. The van der Waals surface area contributed by atoms with Gasteiger partial charge < -0.3 is 29.2 Å². The highest BCUT2D eigenvalue weighted by atomic mass is 16.6. The monoisotopic (exact) mass is 594 g/mol. The van der Waals surface area contributed by atoms with Crippen LogP contribution in [0.25, 0.3) is 0 Å². The molecule has 0 spiro atoms. The minimum atomic E-state index is -0.417. The van der Waals surface area contributed by atoms with Crippen molar-refractivity contribution in [1.29, 1.82) is 0 Å². The normalized spacial score (nSPS) is 29.2. The molecule has 0 aromatic carbocycles. The molecular weight excluding hydrogens is 532 g/mol. The molecule has 0 amide bonds. The third-order valence-corrected chi connectivity index (χ3v) is 9.77. The van der Waals surface area contributed by atoms with Gasteiger partial charge in [-0.15, -0.1) is 0 Å². The Morgan fingerprint density at radius 1 is 0.738 bits per heavy atom. The molecule has 3 aliphatic rings. The van der Waals surface area contributed by atoms with Crippen molar-refractivity contribution in [3.05, 3.63) is 0 Å². The molecule has 42 heavy (non-hydrogen) atoms. The number of Topliss-reactive ketones (excluding diaryl/α,β-unsaturated/α-hetero) is 1. The molecule has 0 radical (unpaired) electrons. The number of hydrogen-bond acceptors (Lipinski definition) is 7. The van der Waals surface area contributed by atoms with Crippen molar-refractivity contribution in [2.75, 3.05) is 0 Å². The first-order valence-electron chi connectivity index (χ1n) is 17.7. The van der Waals surface area contributed by atoms with E-state index >= 15 is 0 Å². The molecule has 0 aliphatic carbocycles. The number of rotatable bonds is 23. The van der Waals surface area contributed by atoms with Crippen molar-refractivity contribution < 1.29 is 34.0 Å². The van der Waals surface area contributed by atoms with Crippen LogP contribution in [0.2, 0.25) is 0 Å². The van der Waals surface area contributed by atoms with Crippen LogP contribution in [0.3, 0.4) is 0 Å². The van der Waals surface area contributed by atoms with Gasteiger partial charge in [0.15, 0.2) is 0 Å². The van der Waals surface area contributed by atoms with Gasteiger partial charge in [-0.05, 0) is 64.7 Å². The number of cyclic esters (lactones) is 1. The summed E-state index contributed by atoms with van der Waals surface area (Å²) in [5, 5.41) is 21.4. The highest BCUT2D eigenvalue weighted by molar-refractivity contribution is 5.83. The van der Waals surface area contributed by atoms with E-state index in [1.54, 1.807) is 0 Å². The number of aliphatic hydroxyl groups excluding tert-OH is 2. The molecule has 8 atom stereocenters. The van der Waals surface area contributed by atoms with E-state index in [0.717, 1.165) is 89.9 Å². The zero-order chi connectivity index (χ0) is 30.2. The van der Waals surface area contributed by atoms with E-state index in [9.17, 15) is 19.8 Å². The molecule has 2 N–H and O–H groups in total. The van der Waals surface area contributed by atoms with Crippen molar-refractivity contribution in [3.8, 4) is 0 Å². The summed E-state index contributed by atoms with van der Waals surface area (Å²) in [7, 11) is 0. The molecule has 0 aromatic rings. The molecule has 7 heteroatoms. The zero-order valence-corrected chi connectivity index (χ0v) is 26.8. The Morgan fingerprint density at radius 2 is 1.21 bits per heavy atom. The first-order valence-corrected chi connectivity index (χ1v) is 17.7. The second-order valence-corrected chi connectivity index (χ2v) is 13.6. The highest BCUT2D eigenvalue weighted by Crippen LogP contribution is 2.35. The van der Waals surface area contributed by atoms with Crippen LogP contribution in [0.15, 0.2) is 0 Å². The number of unbranched alkanes of at least 4 members (excludes halogenated alkanes) is 12. The molecular formula is C35H62O7. The molecule has 2 unspecified atom stereocenters. The molecule has 244 valence electrons. The second-order valence-electron chi connectivity index (χ2n) is 13.6. The van der Waals surface area contributed by atoms with E-state index in [2.05, 4.69) is 6.92 Å². The molecule has 0 aromatic heterocycles. The van der Waals surface area contributed by atoms with Crippen LogP contribution in [0.5, 0.6) is 0 Å². The van der Waals surface area contributed by atoms with E-state index in [4.69, 9.17) is 14.2 Å². The number of ketones is 1. The Labute approximate surface area is 255 Å². The van der Waals surface area contributed by atoms with Gasteiger partial charge in [-0.25, -0.2) is 0 Å². The molecule has 3 saturated heterocycles. The SMILES string of the molecule is CCCCCCCCCC[C@@H](O)[C@H]1CC[C@H]([C@H]2CC[C@H]([C@H](O)CCCCCCCCC3CC(CC(C)=O)C(=O)O3)O2)O1. The standard InChI is InChI=1S/C35H62O7/c1-3-4-5-6-7-8-12-15-18-29(37)31-20-22-33(41-31)34-23-21-32(42-34)30(38)19-16-13-10-9-11-14-17-28-25-27(24-26(2)36)35(39)40-28/h27-34,37-38H,3-25H2,1-2H3/t27?,28?,29-,30-,31-,32-,33-,34-/m1/s1. The second kappa shape index (κ2) is 20.1. The van der Waals surface area contributed by atoms with E-state index in [0.29, 0.717) is 12.8 Å². The molecule has 3 aliphatic heterocycles. The van der Waals surface area contributed by atoms with Gasteiger partial charge in [0.2, 0.25) is 0 Å². The Morgan fingerprint density at radius 3 is 1.71 bits per heavy atom. The molecule has 3 fully saturated rings. The molecule has 7 nitrogen and oxygen atoms in total. The number of carbonyl (C=O) groups is 2. The van der Waals surface area contributed by atoms with Crippen LogP contribution in [0.4, 0.5) is 0 Å². The van der Waals surface area contributed by atoms with Crippen LogP contribution in [-0.4, -0.2) is 64.7 Å². The average Bonchev–Trinajstić information content (AvgIpc) is 3.72. The Hall–Kier alpha value is -1.02. The minimum Gasteiger partial charge on any atom is -0.462 e. The van der Waals surface area contributed by atoms with Crippen molar-refractivity contribution in [3.63, 3.8) is 0 Å². The predicted molar refractivity (Wildman–Crippen MR) is 165 cm³/mol. The van der Waals surface area contributed by atoms with E-state index in [-0.39, 0.29) is 54.3 Å². The zero-order valence-electron chi connectivity index (χ0n) is 26.8. The fourth-order valence-corrected chi connectivity index (χ4v) is 7.20. The van der Waals surface area contributed by atoms with Gasteiger partial charge in [0.1, 0.15) is 11.9 Å². The maximum absolute atomic E-state index is 11.9. The summed E-state index contributed by atoms with van der Waals surface area (Å²) in [5.41, 5.74) is 0. The summed E-state index contributed by atoms with van der Waals surface area (Å²) in [6.45, 7) is 3.78. The smallest absolute Gasteiger partial charge is 0.309 e. The summed E-state index contributed by atoms with van der Waals surface area (Å²) in [4.78, 5) is 23.1. The predicted octanol–water partition coefficient (Wildman–Crippen LogP) is 7.37. The third-order valence-electron chi connectivity index (χ3n) is 9.77. The van der Waals surface area contributed by atoms with Crippen LogP contribution in [-0.2, 0) is 23.8 Å². The quantitative estimate of drug-likeness (QED) is 0.0941. The summed E-state index contributed by atoms with van der Waals surface area (Å²) >= 11 is 0. The lowest BCUT2D eigenvalue weighted by atomic mass is 9.96. The van der Waals surface area contributed by atoms with Gasteiger partial charge in [0.05, 0.1) is 42.5 Å². The summed E-state index contributed by atoms with van der Waals surface area (Å²) in [5.74, 6) is -0.379. The molecule has 0 saturated carbocycles. The maximum Gasteiger partial charge on any atom is 0.309 e. The topological polar surface area (TPSA) is 102 Å². The summed E-state index contributed by atoms with van der Waals surface area (Å²) in [6, 6.07) is 0. The molecule has 3 rings (SSSR count). The van der Waals surface area contributed by atoms with Gasteiger partial charge in [0, 0.05) is 6.42 Å². The van der Waals surface area contributed by atoms with Crippen molar-refractivity contribution in [1.82, 2.24) is 0 Å². The Balaban J connectivity index is 1.16. The maximum atomic E-state index is 11.9. The number of esters is 1. The highest BCUT2D eigenvalue weighted by Gasteiger charge is 2.40. The van der Waals surface area contributed by atoms with Gasteiger partial charge in [-0.1, -0.05) is 90.4 Å². The van der Waals surface area contributed by atoms with Gasteiger partial charge in [-0.2, -0.15) is 0 Å². The fourth-order valence-electron chi connectivity index (χ4n) is 7.20. The van der Waals surface area contributed by atoms with Crippen LogP contribution in [0, 0.1) is 5.92 Å². The van der Waals surface area contributed by atoms with Crippen LogP contribution < -0.4 is 0 Å². The van der Waals surface area contributed by atoms with Gasteiger partial charge in [-0.3, -0.25) is 4.79 Å². The molecule has 3 heterocycles. The Bertz CT molecular complexity index is 758. The number of carbonyl (C=O) groups excluding carboxylic acids is 2. The van der Waals surface area contributed by atoms with Crippen molar-refractivity contribution in [2.24, 2.45) is 5.92 Å². The van der Waals surface area contributed by atoms with Crippen LogP contribution in [0.1, 0.15) is 162 Å². The number of hydrogen-bond donors (Lipinski definition) is 2. The lowest BCUT2D eigenvalue weighted by Gasteiger charge is -2.24. The van der Waals surface area contributed by atoms with E-state index in [1.165, 1.54) is 51.9 Å². The number of aliphatic hydroxyl groups is 2. The van der Waals surface area contributed by atoms with E-state index in [1.807, 2.05) is 0 Å².